The number of hydrogen-bond donors (Lipinski definition) is 0. The lowest BCUT2D eigenvalue weighted by molar-refractivity contribution is -0.131. The molecule has 3 nitrogen and oxygen atoms in total. The summed E-state index contributed by atoms with van der Waals surface area (Å²) in [6, 6.07) is 3.69. The molecule has 0 aliphatic carbocycles. The Morgan fingerprint density at radius 2 is 2.19 bits per heavy atom. The van der Waals surface area contributed by atoms with Gasteiger partial charge < -0.3 is 4.90 Å². The first kappa shape index (κ1) is 11.4. The van der Waals surface area contributed by atoms with Crippen LogP contribution in [0.2, 0.25) is 5.15 Å². The minimum atomic E-state index is 0.257. The van der Waals surface area contributed by atoms with E-state index in [9.17, 15) is 4.79 Å². The minimum Gasteiger partial charge on any atom is -0.338 e. The molecule has 1 saturated heterocycles. The van der Waals surface area contributed by atoms with Crippen molar-refractivity contribution in [3.05, 3.63) is 29.0 Å². The number of pyridine rings is 1. The third-order valence-corrected chi connectivity index (χ3v) is 3.06. The fraction of sp³-hybridized carbons (Fsp3) is 0.500. The van der Waals surface area contributed by atoms with Crippen molar-refractivity contribution < 1.29 is 4.79 Å². The molecule has 0 unspecified atom stereocenters. The molecular weight excluding hydrogens is 224 g/mol. The van der Waals surface area contributed by atoms with Gasteiger partial charge >= 0.3 is 0 Å². The maximum atomic E-state index is 11.8. The SMILES string of the molecule is O=C1CCCCCN1Cc1ccc(Cl)nc1. The number of aromatic nitrogens is 1. The van der Waals surface area contributed by atoms with Crippen molar-refractivity contribution in [1.29, 1.82) is 0 Å². The van der Waals surface area contributed by atoms with E-state index in [4.69, 9.17) is 11.6 Å². The van der Waals surface area contributed by atoms with E-state index in [-0.39, 0.29) is 5.91 Å². The second-order valence-electron chi connectivity index (χ2n) is 4.12. The van der Waals surface area contributed by atoms with Gasteiger partial charge in [-0.1, -0.05) is 24.1 Å². The van der Waals surface area contributed by atoms with Crippen molar-refractivity contribution >= 4 is 17.5 Å². The molecule has 0 radical (unpaired) electrons. The molecule has 16 heavy (non-hydrogen) atoms. The van der Waals surface area contributed by atoms with E-state index in [1.54, 1.807) is 12.3 Å². The Labute approximate surface area is 100 Å². The van der Waals surface area contributed by atoms with Gasteiger partial charge in [-0.3, -0.25) is 4.79 Å². The van der Waals surface area contributed by atoms with Crippen LogP contribution < -0.4 is 0 Å². The molecule has 1 aromatic heterocycles. The molecule has 1 aromatic rings. The molecule has 0 aromatic carbocycles. The molecule has 1 amide bonds. The highest BCUT2D eigenvalue weighted by Gasteiger charge is 2.16. The van der Waals surface area contributed by atoms with Crippen molar-refractivity contribution in [1.82, 2.24) is 9.88 Å². The summed E-state index contributed by atoms with van der Waals surface area (Å²) >= 11 is 5.72. The zero-order valence-corrected chi connectivity index (χ0v) is 9.91. The van der Waals surface area contributed by atoms with Crippen LogP contribution >= 0.6 is 11.6 Å². The molecule has 1 fully saturated rings. The number of halogens is 1. The van der Waals surface area contributed by atoms with E-state index in [0.717, 1.165) is 31.4 Å². The summed E-state index contributed by atoms with van der Waals surface area (Å²) in [4.78, 5) is 17.7. The zero-order valence-electron chi connectivity index (χ0n) is 9.16. The predicted molar refractivity (Wildman–Crippen MR) is 63.1 cm³/mol. The van der Waals surface area contributed by atoms with Crippen LogP contribution in [0.15, 0.2) is 18.3 Å². The number of carbonyl (C=O) groups excluding carboxylic acids is 1. The van der Waals surface area contributed by atoms with Crippen molar-refractivity contribution in [3.8, 4) is 0 Å². The van der Waals surface area contributed by atoms with Gasteiger partial charge in [0.05, 0.1) is 0 Å². The molecule has 0 saturated carbocycles. The lowest BCUT2D eigenvalue weighted by atomic mass is 10.2. The predicted octanol–water partition coefficient (Wildman–Crippen LogP) is 2.64. The summed E-state index contributed by atoms with van der Waals surface area (Å²) in [6.45, 7) is 1.52. The van der Waals surface area contributed by atoms with Crippen molar-refractivity contribution in [2.75, 3.05) is 6.54 Å². The molecule has 0 atom stereocenters. The summed E-state index contributed by atoms with van der Waals surface area (Å²) in [6.07, 6.45) is 5.70. The highest BCUT2D eigenvalue weighted by atomic mass is 35.5. The first-order chi connectivity index (χ1) is 7.75. The molecule has 1 aliphatic heterocycles. The van der Waals surface area contributed by atoms with E-state index < -0.39 is 0 Å². The van der Waals surface area contributed by atoms with Gasteiger partial charge in [-0.15, -0.1) is 0 Å². The Morgan fingerprint density at radius 3 is 2.94 bits per heavy atom. The summed E-state index contributed by atoms with van der Waals surface area (Å²) in [5.74, 6) is 0.257. The molecule has 0 bridgehead atoms. The number of rotatable bonds is 2. The number of likely N-dealkylation sites (tertiary alicyclic amines) is 1. The Bertz CT molecular complexity index is 364. The average molecular weight is 239 g/mol. The highest BCUT2D eigenvalue weighted by Crippen LogP contribution is 2.14. The first-order valence-corrected chi connectivity index (χ1v) is 6.02. The van der Waals surface area contributed by atoms with Gasteiger partial charge in [-0.25, -0.2) is 4.98 Å². The fourth-order valence-electron chi connectivity index (χ4n) is 1.93. The third kappa shape index (κ3) is 2.95. The second kappa shape index (κ2) is 5.30. The first-order valence-electron chi connectivity index (χ1n) is 5.64. The smallest absolute Gasteiger partial charge is 0.222 e. The van der Waals surface area contributed by atoms with Crippen LogP contribution in [-0.4, -0.2) is 22.3 Å². The number of nitrogens with zero attached hydrogens (tertiary/aromatic N) is 2. The molecule has 0 N–H and O–H groups in total. The maximum absolute atomic E-state index is 11.8. The van der Waals surface area contributed by atoms with E-state index in [1.807, 2.05) is 11.0 Å². The van der Waals surface area contributed by atoms with Gasteiger partial charge in [0.2, 0.25) is 5.91 Å². The van der Waals surface area contributed by atoms with E-state index in [0.29, 0.717) is 18.1 Å². The topological polar surface area (TPSA) is 33.2 Å². The van der Waals surface area contributed by atoms with Crippen molar-refractivity contribution in [2.24, 2.45) is 0 Å². The van der Waals surface area contributed by atoms with Crippen LogP contribution in [0.4, 0.5) is 0 Å². The zero-order chi connectivity index (χ0) is 11.4. The summed E-state index contributed by atoms with van der Waals surface area (Å²) in [5, 5.41) is 0.492. The summed E-state index contributed by atoms with van der Waals surface area (Å²) in [5.41, 5.74) is 1.04. The lowest BCUT2D eigenvalue weighted by Crippen LogP contribution is -2.29. The molecule has 2 rings (SSSR count). The Balaban J connectivity index is 2.02. The van der Waals surface area contributed by atoms with Gasteiger partial charge in [0.15, 0.2) is 0 Å². The Morgan fingerprint density at radius 1 is 1.31 bits per heavy atom. The quantitative estimate of drug-likeness (QED) is 0.743. The van der Waals surface area contributed by atoms with E-state index in [1.165, 1.54) is 0 Å². The number of amides is 1. The average Bonchev–Trinajstić information content (AvgIpc) is 2.48. The lowest BCUT2D eigenvalue weighted by Gasteiger charge is -2.20. The standard InChI is InChI=1S/C12H15ClN2O/c13-11-6-5-10(8-14-11)9-15-7-3-1-2-4-12(15)16/h5-6,8H,1-4,7,9H2. The van der Waals surface area contributed by atoms with Crippen LogP contribution in [0.25, 0.3) is 0 Å². The third-order valence-electron chi connectivity index (χ3n) is 2.83. The molecule has 1 aliphatic rings. The molecule has 4 heteroatoms. The molecule has 0 spiro atoms. The van der Waals surface area contributed by atoms with Crippen molar-refractivity contribution in [3.63, 3.8) is 0 Å². The van der Waals surface area contributed by atoms with Crippen molar-refractivity contribution in [2.45, 2.75) is 32.2 Å². The molecule has 86 valence electrons. The largest absolute Gasteiger partial charge is 0.338 e. The number of carbonyl (C=O) groups is 1. The van der Waals surface area contributed by atoms with Crippen LogP contribution in [0.3, 0.4) is 0 Å². The van der Waals surface area contributed by atoms with Gasteiger partial charge in [0, 0.05) is 25.7 Å². The van der Waals surface area contributed by atoms with Crippen LogP contribution in [0.5, 0.6) is 0 Å². The highest BCUT2D eigenvalue weighted by molar-refractivity contribution is 6.29. The maximum Gasteiger partial charge on any atom is 0.222 e. The Hall–Kier alpha value is -1.09. The molecule has 2 heterocycles. The monoisotopic (exact) mass is 238 g/mol. The minimum absolute atomic E-state index is 0.257. The summed E-state index contributed by atoms with van der Waals surface area (Å²) < 4.78 is 0. The summed E-state index contributed by atoms with van der Waals surface area (Å²) in [7, 11) is 0. The van der Waals surface area contributed by atoms with Crippen LogP contribution in [0.1, 0.15) is 31.2 Å². The Kier molecular flexibility index (Phi) is 3.78. The molecular formula is C12H15ClN2O. The second-order valence-corrected chi connectivity index (χ2v) is 4.50. The van der Waals surface area contributed by atoms with E-state index in [2.05, 4.69) is 4.98 Å². The number of hydrogen-bond acceptors (Lipinski definition) is 2. The van der Waals surface area contributed by atoms with E-state index >= 15 is 0 Å². The van der Waals surface area contributed by atoms with Crippen LogP contribution in [0, 0.1) is 0 Å². The van der Waals surface area contributed by atoms with Gasteiger partial charge in [0.25, 0.3) is 0 Å². The fourth-order valence-corrected chi connectivity index (χ4v) is 2.04. The normalized spacial score (nSPS) is 17.3. The van der Waals surface area contributed by atoms with Crippen LogP contribution in [-0.2, 0) is 11.3 Å². The van der Waals surface area contributed by atoms with Gasteiger partial charge in [-0.05, 0) is 24.5 Å². The van der Waals surface area contributed by atoms with Gasteiger partial charge in [-0.2, -0.15) is 0 Å². The van der Waals surface area contributed by atoms with Gasteiger partial charge in [0.1, 0.15) is 5.15 Å².